The summed E-state index contributed by atoms with van der Waals surface area (Å²) in [5.41, 5.74) is 1.41. The van der Waals surface area contributed by atoms with E-state index < -0.39 is 0 Å². The molecule has 0 fully saturated rings. The Bertz CT molecular complexity index is 507. The van der Waals surface area contributed by atoms with E-state index in [4.69, 9.17) is 0 Å². The molecule has 0 spiro atoms. The summed E-state index contributed by atoms with van der Waals surface area (Å²) in [6, 6.07) is 2.95. The first-order valence-electron chi connectivity index (χ1n) is 4.75. The molecule has 1 aromatic heterocycles. The van der Waals surface area contributed by atoms with Crippen molar-refractivity contribution < 1.29 is 9.90 Å². The smallest absolute Gasteiger partial charge is 0.248 e. The number of carbonyl (C=O) groups excluding carboxylic acids is 1. The Morgan fingerprint density at radius 3 is 2.73 bits per heavy atom. The van der Waals surface area contributed by atoms with Crippen LogP contribution in [0, 0.1) is 0 Å². The summed E-state index contributed by atoms with van der Waals surface area (Å²) in [4.78, 5) is 25.1. The molecular weight excluding hydrogens is 194 g/mol. The zero-order valence-corrected chi connectivity index (χ0v) is 8.33. The van der Waals surface area contributed by atoms with Gasteiger partial charge in [0.2, 0.25) is 5.56 Å². The van der Waals surface area contributed by atoms with Crippen molar-refractivity contribution in [3.8, 4) is 0 Å². The van der Waals surface area contributed by atoms with E-state index in [2.05, 4.69) is 4.98 Å². The number of Topliss-reactive ketones (excluding diaryl/α,β-unsaturated/α-hetero) is 1. The summed E-state index contributed by atoms with van der Waals surface area (Å²) < 4.78 is 0. The Kier molecular flexibility index (Phi) is 2.19. The number of fused-ring (bicyclic) bond motifs is 1. The van der Waals surface area contributed by atoms with E-state index in [1.807, 2.05) is 0 Å². The summed E-state index contributed by atoms with van der Waals surface area (Å²) in [6.45, 7) is 1.58. The van der Waals surface area contributed by atoms with Gasteiger partial charge in [0.25, 0.3) is 0 Å². The average molecular weight is 205 g/mol. The first kappa shape index (κ1) is 9.71. The minimum Gasteiger partial charge on any atom is -0.512 e. The van der Waals surface area contributed by atoms with Gasteiger partial charge in [0.15, 0.2) is 5.78 Å². The molecule has 1 aromatic rings. The van der Waals surface area contributed by atoms with Crippen LogP contribution < -0.4 is 5.56 Å². The second-order valence-electron chi connectivity index (χ2n) is 3.60. The molecular formula is C11H11NO3. The molecule has 2 N–H and O–H groups in total. The van der Waals surface area contributed by atoms with Crippen LogP contribution in [0.25, 0.3) is 5.57 Å². The Morgan fingerprint density at radius 1 is 1.33 bits per heavy atom. The van der Waals surface area contributed by atoms with Crippen molar-refractivity contribution in [1.29, 1.82) is 0 Å². The molecule has 0 atom stereocenters. The number of allylic oxidation sites excluding steroid dienone is 2. The molecule has 1 aliphatic carbocycles. The van der Waals surface area contributed by atoms with Crippen molar-refractivity contribution in [2.24, 2.45) is 0 Å². The molecule has 0 aliphatic heterocycles. The van der Waals surface area contributed by atoms with E-state index in [1.54, 1.807) is 13.0 Å². The van der Waals surface area contributed by atoms with Crippen LogP contribution in [0.5, 0.6) is 0 Å². The molecule has 15 heavy (non-hydrogen) atoms. The predicted molar refractivity (Wildman–Crippen MR) is 55.9 cm³/mol. The van der Waals surface area contributed by atoms with Crippen molar-refractivity contribution in [2.75, 3.05) is 0 Å². The van der Waals surface area contributed by atoms with Crippen molar-refractivity contribution >= 4 is 11.4 Å². The molecule has 78 valence electrons. The minimum absolute atomic E-state index is 0.0762. The highest BCUT2D eigenvalue weighted by atomic mass is 16.3. The van der Waals surface area contributed by atoms with E-state index >= 15 is 0 Å². The van der Waals surface area contributed by atoms with Crippen LogP contribution in [0.4, 0.5) is 0 Å². The molecule has 0 saturated heterocycles. The molecule has 0 saturated carbocycles. The minimum atomic E-state index is -0.293. The van der Waals surface area contributed by atoms with Gasteiger partial charge in [-0.1, -0.05) is 0 Å². The molecule has 1 heterocycles. The number of aliphatic hydroxyl groups is 1. The quantitative estimate of drug-likeness (QED) is 0.632. The lowest BCUT2D eigenvalue weighted by Gasteiger charge is -2.17. The summed E-state index contributed by atoms with van der Waals surface area (Å²) in [5.74, 6) is 0.128. The normalized spacial score (nSPS) is 18.6. The second-order valence-corrected chi connectivity index (χ2v) is 3.60. The lowest BCUT2D eigenvalue weighted by Crippen LogP contribution is -2.18. The standard InChI is InChI=1S/C11H11NO3/c1-6(13)7-2-4-9(14)11-8(7)3-5-10(15)12-11/h3,5,13H,2,4H2,1H3,(H,12,15). The maximum absolute atomic E-state index is 11.5. The van der Waals surface area contributed by atoms with E-state index in [1.165, 1.54) is 6.07 Å². The molecule has 0 amide bonds. The molecule has 0 unspecified atom stereocenters. The number of rotatable bonds is 0. The third-order valence-corrected chi connectivity index (χ3v) is 2.56. The largest absolute Gasteiger partial charge is 0.512 e. The van der Waals surface area contributed by atoms with Crippen LogP contribution in [-0.4, -0.2) is 15.9 Å². The number of pyridine rings is 1. The molecule has 1 aliphatic rings. The fourth-order valence-electron chi connectivity index (χ4n) is 1.82. The van der Waals surface area contributed by atoms with Crippen LogP contribution >= 0.6 is 0 Å². The Labute approximate surface area is 86.3 Å². The Balaban J connectivity index is 2.71. The highest BCUT2D eigenvalue weighted by Gasteiger charge is 2.23. The highest BCUT2D eigenvalue weighted by molar-refractivity contribution is 6.02. The zero-order chi connectivity index (χ0) is 11.0. The van der Waals surface area contributed by atoms with Crippen LogP contribution in [-0.2, 0) is 0 Å². The third kappa shape index (κ3) is 1.58. The number of hydrogen-bond acceptors (Lipinski definition) is 3. The molecule has 0 bridgehead atoms. The van der Waals surface area contributed by atoms with Crippen LogP contribution in [0.2, 0.25) is 0 Å². The summed E-state index contributed by atoms with van der Waals surface area (Å²) >= 11 is 0. The fraction of sp³-hybridized carbons (Fsp3) is 0.273. The average Bonchev–Trinajstić information content (AvgIpc) is 2.19. The fourth-order valence-corrected chi connectivity index (χ4v) is 1.82. The first-order chi connectivity index (χ1) is 7.09. The van der Waals surface area contributed by atoms with E-state index in [0.29, 0.717) is 24.1 Å². The van der Waals surface area contributed by atoms with Gasteiger partial charge in [0.05, 0.1) is 11.5 Å². The number of H-pyrrole nitrogens is 1. The molecule has 0 aromatic carbocycles. The maximum Gasteiger partial charge on any atom is 0.248 e. The zero-order valence-electron chi connectivity index (χ0n) is 8.33. The number of aliphatic hydroxyl groups excluding tert-OH is 1. The van der Waals surface area contributed by atoms with E-state index in [9.17, 15) is 14.7 Å². The van der Waals surface area contributed by atoms with Crippen LogP contribution in [0.1, 0.15) is 35.8 Å². The number of aromatic amines is 1. The van der Waals surface area contributed by atoms with Gasteiger partial charge >= 0.3 is 0 Å². The van der Waals surface area contributed by atoms with Gasteiger partial charge in [-0.25, -0.2) is 0 Å². The van der Waals surface area contributed by atoms with Crippen molar-refractivity contribution in [2.45, 2.75) is 19.8 Å². The van der Waals surface area contributed by atoms with Crippen molar-refractivity contribution in [3.05, 3.63) is 39.5 Å². The number of carbonyl (C=O) groups is 1. The predicted octanol–water partition coefficient (Wildman–Crippen LogP) is 1.64. The van der Waals surface area contributed by atoms with Crippen molar-refractivity contribution in [3.63, 3.8) is 0 Å². The SMILES string of the molecule is CC(O)=C1CCC(=O)c2[nH]c(=O)ccc21. The summed E-state index contributed by atoms with van der Waals surface area (Å²) in [7, 11) is 0. The molecule has 2 rings (SSSR count). The lowest BCUT2D eigenvalue weighted by atomic mass is 9.89. The Hall–Kier alpha value is -1.84. The molecule has 4 heteroatoms. The van der Waals surface area contributed by atoms with Gasteiger partial charge in [0, 0.05) is 18.1 Å². The Morgan fingerprint density at radius 2 is 2.07 bits per heavy atom. The third-order valence-electron chi connectivity index (χ3n) is 2.56. The van der Waals surface area contributed by atoms with Crippen LogP contribution in [0.15, 0.2) is 22.7 Å². The van der Waals surface area contributed by atoms with Gasteiger partial charge in [-0.3, -0.25) is 9.59 Å². The summed E-state index contributed by atoms with van der Waals surface area (Å²) in [6.07, 6.45) is 0.862. The first-order valence-corrected chi connectivity index (χ1v) is 4.75. The second kappa shape index (κ2) is 3.38. The number of hydrogen-bond donors (Lipinski definition) is 2. The lowest BCUT2D eigenvalue weighted by molar-refractivity contribution is 0.0975. The van der Waals surface area contributed by atoms with Gasteiger partial charge in [0.1, 0.15) is 0 Å². The van der Waals surface area contributed by atoms with Gasteiger partial charge in [-0.15, -0.1) is 0 Å². The van der Waals surface area contributed by atoms with Gasteiger partial charge < -0.3 is 10.1 Å². The number of aromatic nitrogens is 1. The number of ketones is 1. The maximum atomic E-state index is 11.5. The van der Waals surface area contributed by atoms with Crippen LogP contribution in [0.3, 0.4) is 0 Å². The highest BCUT2D eigenvalue weighted by Crippen LogP contribution is 2.30. The van der Waals surface area contributed by atoms with Gasteiger partial charge in [-0.2, -0.15) is 0 Å². The summed E-state index contributed by atoms with van der Waals surface area (Å²) in [5, 5.41) is 9.46. The van der Waals surface area contributed by atoms with E-state index in [0.717, 1.165) is 5.57 Å². The van der Waals surface area contributed by atoms with Crippen molar-refractivity contribution in [1.82, 2.24) is 4.98 Å². The molecule has 4 nitrogen and oxygen atoms in total. The van der Waals surface area contributed by atoms with Gasteiger partial charge in [-0.05, 0) is 25.0 Å². The van der Waals surface area contributed by atoms with E-state index in [-0.39, 0.29) is 17.1 Å². The molecule has 0 radical (unpaired) electrons. The topological polar surface area (TPSA) is 70.2 Å². The monoisotopic (exact) mass is 205 g/mol. The number of nitrogens with one attached hydrogen (secondary N) is 1.